The van der Waals surface area contributed by atoms with Crippen molar-refractivity contribution in [2.45, 2.75) is 55.7 Å². The van der Waals surface area contributed by atoms with Crippen molar-refractivity contribution >= 4 is 11.9 Å². The lowest BCUT2D eigenvalue weighted by atomic mass is 9.86. The van der Waals surface area contributed by atoms with Gasteiger partial charge in [0.2, 0.25) is 0 Å². The summed E-state index contributed by atoms with van der Waals surface area (Å²) in [6, 6.07) is 0. The standard InChI is InChI=1S/C14H11F13O4/c1-5(2)10(19,31-7(30)4-3-6(28)29)12(22,23)14(26,27)13(24,25)11(20,21)9(17,18)8(15)16/h3-5,8H,1-2H3,(H,28,29). The molecule has 0 radical (unpaired) electrons. The van der Waals surface area contributed by atoms with Crippen LogP contribution in [0.4, 0.5) is 57.1 Å². The first kappa shape index (κ1) is 28.8. The Morgan fingerprint density at radius 3 is 1.45 bits per heavy atom. The summed E-state index contributed by atoms with van der Waals surface area (Å²) in [5.41, 5.74) is 0. The second-order valence-corrected chi connectivity index (χ2v) is 6.11. The minimum atomic E-state index is -8.03. The van der Waals surface area contributed by atoms with Gasteiger partial charge in [-0.3, -0.25) is 0 Å². The number of hydrogen-bond acceptors (Lipinski definition) is 3. The lowest BCUT2D eigenvalue weighted by Gasteiger charge is -2.44. The van der Waals surface area contributed by atoms with E-state index in [1.807, 2.05) is 0 Å². The zero-order valence-electron chi connectivity index (χ0n) is 14.9. The van der Waals surface area contributed by atoms with Crippen LogP contribution in [0, 0.1) is 5.92 Å². The van der Waals surface area contributed by atoms with Gasteiger partial charge in [0.25, 0.3) is 0 Å². The van der Waals surface area contributed by atoms with Crippen LogP contribution in [0.25, 0.3) is 0 Å². The van der Waals surface area contributed by atoms with E-state index >= 15 is 0 Å². The maximum Gasteiger partial charge on any atom is 0.385 e. The number of aliphatic carboxylic acids is 1. The number of carboxylic acid groups (broad SMARTS) is 1. The van der Waals surface area contributed by atoms with Crippen LogP contribution >= 0.6 is 0 Å². The third-order valence-corrected chi connectivity index (χ3v) is 3.66. The van der Waals surface area contributed by atoms with Gasteiger partial charge in [-0.15, -0.1) is 0 Å². The molecule has 0 aliphatic carbocycles. The average molecular weight is 490 g/mol. The van der Waals surface area contributed by atoms with Crippen LogP contribution in [0.3, 0.4) is 0 Å². The third kappa shape index (κ3) is 4.40. The Kier molecular flexibility index (Phi) is 7.77. The minimum absolute atomic E-state index is 0.169. The summed E-state index contributed by atoms with van der Waals surface area (Å²) < 4.78 is 177. The number of esters is 1. The molecule has 1 N–H and O–H groups in total. The van der Waals surface area contributed by atoms with E-state index in [-0.39, 0.29) is 26.0 Å². The first-order valence-corrected chi connectivity index (χ1v) is 7.45. The van der Waals surface area contributed by atoms with Gasteiger partial charge in [0, 0.05) is 18.1 Å². The highest BCUT2D eigenvalue weighted by atomic mass is 19.4. The van der Waals surface area contributed by atoms with Crippen LogP contribution in [0.15, 0.2) is 12.2 Å². The molecule has 0 saturated carbocycles. The van der Waals surface area contributed by atoms with Gasteiger partial charge in [-0.2, -0.15) is 48.3 Å². The summed E-state index contributed by atoms with van der Waals surface area (Å²) in [6.07, 6.45) is -6.33. The third-order valence-electron chi connectivity index (χ3n) is 3.66. The molecule has 1 unspecified atom stereocenters. The fourth-order valence-corrected chi connectivity index (χ4v) is 1.82. The molecule has 0 aromatic carbocycles. The Labute approximate surface area is 163 Å². The molecule has 4 nitrogen and oxygen atoms in total. The molecule has 0 aliphatic rings. The van der Waals surface area contributed by atoms with Crippen LogP contribution in [0.1, 0.15) is 13.8 Å². The summed E-state index contributed by atoms with van der Waals surface area (Å²) in [6.45, 7) is 0.338. The van der Waals surface area contributed by atoms with E-state index in [4.69, 9.17) is 5.11 Å². The maximum absolute atomic E-state index is 14.6. The monoisotopic (exact) mass is 490 g/mol. The van der Waals surface area contributed by atoms with Crippen molar-refractivity contribution in [3.05, 3.63) is 12.2 Å². The highest BCUT2D eigenvalue weighted by molar-refractivity contribution is 5.90. The van der Waals surface area contributed by atoms with E-state index < -0.39 is 59.7 Å². The van der Waals surface area contributed by atoms with Crippen molar-refractivity contribution in [3.63, 3.8) is 0 Å². The molecule has 0 rings (SSSR count). The SMILES string of the molecule is CC(C)C(F)(OC(=O)C=CC(=O)O)C(F)(F)C(F)(F)C(F)(F)C(F)(F)C(F)(F)C(F)F. The molecule has 0 fully saturated rings. The number of halogens is 13. The number of carboxylic acids is 1. The summed E-state index contributed by atoms with van der Waals surface area (Å²) in [7, 11) is 0. The summed E-state index contributed by atoms with van der Waals surface area (Å²) in [5, 5.41) is 8.20. The molecule has 0 bridgehead atoms. The second kappa shape index (κ2) is 8.37. The summed E-state index contributed by atoms with van der Waals surface area (Å²) in [5.74, 6) is -51.2. The van der Waals surface area contributed by atoms with E-state index in [0.717, 1.165) is 0 Å². The molecule has 0 spiro atoms. The van der Waals surface area contributed by atoms with Gasteiger partial charge >= 0.3 is 53.8 Å². The molecule has 31 heavy (non-hydrogen) atoms. The highest BCUT2D eigenvalue weighted by Gasteiger charge is 2.91. The lowest BCUT2D eigenvalue weighted by molar-refractivity contribution is -0.442. The highest BCUT2D eigenvalue weighted by Crippen LogP contribution is 2.61. The van der Waals surface area contributed by atoms with Crippen molar-refractivity contribution in [3.8, 4) is 0 Å². The van der Waals surface area contributed by atoms with E-state index in [2.05, 4.69) is 4.74 Å². The van der Waals surface area contributed by atoms with Gasteiger partial charge in [0.05, 0.1) is 0 Å². The largest absolute Gasteiger partial charge is 0.478 e. The number of carbonyl (C=O) groups is 2. The van der Waals surface area contributed by atoms with Gasteiger partial charge in [-0.05, 0) is 0 Å². The van der Waals surface area contributed by atoms with Crippen LogP contribution < -0.4 is 0 Å². The van der Waals surface area contributed by atoms with Gasteiger partial charge in [0.15, 0.2) is 0 Å². The Bertz CT molecular complexity index is 717. The average Bonchev–Trinajstić information content (AvgIpc) is 2.58. The van der Waals surface area contributed by atoms with E-state index in [0.29, 0.717) is 0 Å². The topological polar surface area (TPSA) is 63.6 Å². The van der Waals surface area contributed by atoms with Crippen molar-refractivity contribution < 1.29 is 76.5 Å². The number of carbonyl (C=O) groups excluding carboxylic acids is 1. The fourth-order valence-electron chi connectivity index (χ4n) is 1.82. The van der Waals surface area contributed by atoms with Crippen molar-refractivity contribution in [1.29, 1.82) is 0 Å². The fraction of sp³-hybridized carbons (Fsp3) is 0.714. The molecule has 0 aromatic rings. The first-order valence-electron chi connectivity index (χ1n) is 7.45. The van der Waals surface area contributed by atoms with Crippen LogP contribution in [0.2, 0.25) is 0 Å². The molecular formula is C14H11F13O4. The number of alkyl halides is 13. The van der Waals surface area contributed by atoms with Gasteiger partial charge < -0.3 is 9.84 Å². The molecule has 0 heterocycles. The number of ether oxygens (including phenoxy) is 1. The van der Waals surface area contributed by atoms with Gasteiger partial charge in [-0.25, -0.2) is 18.4 Å². The van der Waals surface area contributed by atoms with Gasteiger partial charge in [0.1, 0.15) is 0 Å². The number of hydrogen-bond donors (Lipinski definition) is 1. The Balaban J connectivity index is 6.61. The Morgan fingerprint density at radius 2 is 1.13 bits per heavy atom. The predicted molar refractivity (Wildman–Crippen MR) is 72.3 cm³/mol. The first-order chi connectivity index (χ1) is 13.4. The minimum Gasteiger partial charge on any atom is -0.478 e. The predicted octanol–water partition coefficient (Wildman–Crippen LogP) is 4.93. The van der Waals surface area contributed by atoms with Crippen LogP contribution in [-0.4, -0.2) is 58.9 Å². The van der Waals surface area contributed by atoms with Crippen LogP contribution in [-0.2, 0) is 14.3 Å². The Hall–Kier alpha value is -2.23. The second-order valence-electron chi connectivity index (χ2n) is 6.11. The summed E-state index contributed by atoms with van der Waals surface area (Å²) in [4.78, 5) is 21.4. The molecule has 1 atom stereocenters. The van der Waals surface area contributed by atoms with Crippen LogP contribution in [0.5, 0.6) is 0 Å². The zero-order valence-corrected chi connectivity index (χ0v) is 14.9. The Morgan fingerprint density at radius 1 is 0.742 bits per heavy atom. The molecule has 0 aromatic heterocycles. The van der Waals surface area contributed by atoms with Crippen molar-refractivity contribution in [2.24, 2.45) is 5.92 Å². The van der Waals surface area contributed by atoms with Gasteiger partial charge in [-0.1, -0.05) is 13.8 Å². The quantitative estimate of drug-likeness (QED) is 0.268. The molecule has 0 amide bonds. The van der Waals surface area contributed by atoms with E-state index in [9.17, 15) is 66.7 Å². The normalized spacial score (nSPS) is 16.7. The summed E-state index contributed by atoms with van der Waals surface area (Å²) >= 11 is 0. The smallest absolute Gasteiger partial charge is 0.385 e. The molecular weight excluding hydrogens is 479 g/mol. The molecule has 17 heteroatoms. The lowest BCUT2D eigenvalue weighted by Crippen LogP contribution is -2.73. The van der Waals surface area contributed by atoms with E-state index in [1.54, 1.807) is 0 Å². The zero-order chi connectivity index (χ0) is 25.4. The van der Waals surface area contributed by atoms with Crippen molar-refractivity contribution in [2.75, 3.05) is 0 Å². The maximum atomic E-state index is 14.6. The molecule has 182 valence electrons. The van der Waals surface area contributed by atoms with Crippen molar-refractivity contribution in [1.82, 2.24) is 0 Å². The molecule has 0 aliphatic heterocycles. The number of rotatable bonds is 10. The molecule has 0 saturated heterocycles. The van der Waals surface area contributed by atoms with E-state index in [1.165, 1.54) is 0 Å².